The van der Waals surface area contributed by atoms with Crippen molar-refractivity contribution >= 4 is 11.9 Å². The van der Waals surface area contributed by atoms with E-state index in [-0.39, 0.29) is 43.7 Å². The Morgan fingerprint density at radius 1 is 0.621 bits per heavy atom. The van der Waals surface area contributed by atoms with Gasteiger partial charge in [-0.1, -0.05) is 88.9 Å². The second-order valence-electron chi connectivity index (χ2n) is 14.9. The molecule has 0 radical (unpaired) electrons. The molecule has 0 aliphatic rings. The van der Waals surface area contributed by atoms with Crippen LogP contribution in [0.2, 0.25) is 0 Å². The molecule has 4 atom stereocenters. The molecule has 58 heavy (non-hydrogen) atoms. The van der Waals surface area contributed by atoms with Crippen LogP contribution in [0.5, 0.6) is 23.0 Å². The van der Waals surface area contributed by atoms with Crippen molar-refractivity contribution in [2.45, 2.75) is 83.4 Å². The number of allylic oxidation sites excluding steroid dienone is 1. The average molecular weight is 797 g/mol. The molecular weight excluding hydrogens is 741 g/mol. The number of carbonyl (C=O) groups is 2. The summed E-state index contributed by atoms with van der Waals surface area (Å²) in [4.78, 5) is 23.0. The van der Waals surface area contributed by atoms with Gasteiger partial charge >= 0.3 is 11.9 Å². The van der Waals surface area contributed by atoms with Crippen LogP contribution in [-0.2, 0) is 29.9 Å². The van der Waals surface area contributed by atoms with E-state index in [1.54, 1.807) is 25.1 Å². The Hall–Kier alpha value is -5.62. The molecule has 4 aromatic rings. The van der Waals surface area contributed by atoms with Crippen LogP contribution in [0.15, 0.2) is 122 Å². The first kappa shape index (κ1) is 45.1. The molecule has 0 amide bonds. The Morgan fingerprint density at radius 3 is 1.36 bits per heavy atom. The average Bonchev–Trinajstić information content (AvgIpc) is 3.21. The van der Waals surface area contributed by atoms with E-state index in [9.17, 15) is 24.9 Å². The SMILES string of the molecule is C=CC(=O)OCCC(O)COc1ccc(C(C)(C)c2ccc(OCC(O)COc3ccc(C(C)(C)c4ccc(OC(OC(=O)/C=C/C)C(C)O)cc4)cc3)cc2)cc1. The second kappa shape index (κ2) is 21.2. The molecule has 4 aromatic carbocycles. The molecule has 0 aromatic heterocycles. The smallest absolute Gasteiger partial charge is 0.333 e. The van der Waals surface area contributed by atoms with Gasteiger partial charge in [-0.3, -0.25) is 0 Å². The van der Waals surface area contributed by atoms with Crippen molar-refractivity contribution in [3.8, 4) is 23.0 Å². The van der Waals surface area contributed by atoms with Crippen LogP contribution in [0.25, 0.3) is 0 Å². The third-order valence-electron chi connectivity index (χ3n) is 9.67. The molecule has 0 aliphatic heterocycles. The van der Waals surface area contributed by atoms with Gasteiger partial charge in [-0.15, -0.1) is 0 Å². The number of carbonyl (C=O) groups excluding carboxylic acids is 2. The van der Waals surface area contributed by atoms with Crippen LogP contribution < -0.4 is 18.9 Å². The molecule has 0 spiro atoms. The van der Waals surface area contributed by atoms with Crippen LogP contribution in [0.1, 0.15) is 70.2 Å². The number of esters is 2. The highest BCUT2D eigenvalue weighted by Crippen LogP contribution is 2.35. The first-order valence-corrected chi connectivity index (χ1v) is 19.3. The number of hydrogen-bond acceptors (Lipinski definition) is 11. The quantitative estimate of drug-likeness (QED) is 0.0420. The topological polar surface area (TPSA) is 150 Å². The summed E-state index contributed by atoms with van der Waals surface area (Å²) in [7, 11) is 0. The van der Waals surface area contributed by atoms with E-state index < -0.39 is 36.5 Å². The van der Waals surface area contributed by atoms with Gasteiger partial charge < -0.3 is 43.7 Å². The predicted molar refractivity (Wildman–Crippen MR) is 221 cm³/mol. The fourth-order valence-electron chi connectivity index (χ4n) is 5.90. The Balaban J connectivity index is 1.22. The number of aliphatic hydroxyl groups is 3. The Kier molecular flexibility index (Phi) is 16.5. The van der Waals surface area contributed by atoms with E-state index in [1.165, 1.54) is 13.0 Å². The Morgan fingerprint density at radius 2 is 1.00 bits per heavy atom. The summed E-state index contributed by atoms with van der Waals surface area (Å²) in [5.41, 5.74) is 3.53. The van der Waals surface area contributed by atoms with Crippen molar-refractivity contribution in [1.29, 1.82) is 0 Å². The second-order valence-corrected chi connectivity index (χ2v) is 14.9. The maximum absolute atomic E-state index is 11.9. The zero-order valence-electron chi connectivity index (χ0n) is 34.1. The zero-order valence-corrected chi connectivity index (χ0v) is 34.1. The lowest BCUT2D eigenvalue weighted by Crippen LogP contribution is -2.34. The van der Waals surface area contributed by atoms with E-state index >= 15 is 0 Å². The van der Waals surface area contributed by atoms with Gasteiger partial charge in [-0.25, -0.2) is 9.59 Å². The molecule has 0 bridgehead atoms. The number of hydrogen-bond donors (Lipinski definition) is 3. The maximum atomic E-state index is 11.9. The van der Waals surface area contributed by atoms with Crippen LogP contribution in [-0.4, -0.2) is 78.3 Å². The Labute approximate surface area is 341 Å². The Bertz CT molecular complexity index is 1910. The summed E-state index contributed by atoms with van der Waals surface area (Å²) in [6, 6.07) is 30.6. The summed E-state index contributed by atoms with van der Waals surface area (Å²) in [5.74, 6) is 1.20. The number of aliphatic hydroxyl groups excluding tert-OH is 3. The van der Waals surface area contributed by atoms with Gasteiger partial charge in [0.15, 0.2) is 0 Å². The van der Waals surface area contributed by atoms with Crippen molar-refractivity contribution in [1.82, 2.24) is 0 Å². The van der Waals surface area contributed by atoms with Crippen molar-refractivity contribution in [2.24, 2.45) is 0 Å². The predicted octanol–water partition coefficient (Wildman–Crippen LogP) is 7.22. The molecule has 4 unspecified atom stereocenters. The lowest BCUT2D eigenvalue weighted by molar-refractivity contribution is -0.172. The first-order valence-electron chi connectivity index (χ1n) is 19.3. The van der Waals surface area contributed by atoms with Gasteiger partial charge in [-0.2, -0.15) is 0 Å². The normalized spacial score (nSPS) is 13.8. The lowest BCUT2D eigenvalue weighted by atomic mass is 9.78. The molecule has 11 nitrogen and oxygen atoms in total. The van der Waals surface area contributed by atoms with Gasteiger partial charge in [0.1, 0.15) is 55.0 Å². The maximum Gasteiger partial charge on any atom is 0.333 e. The largest absolute Gasteiger partial charge is 0.491 e. The van der Waals surface area contributed by atoms with Gasteiger partial charge in [0, 0.05) is 29.4 Å². The monoisotopic (exact) mass is 796 g/mol. The molecule has 4 rings (SSSR count). The number of rotatable bonds is 22. The molecule has 3 N–H and O–H groups in total. The van der Waals surface area contributed by atoms with E-state index in [4.69, 9.17) is 28.4 Å². The molecular formula is C47H56O11. The minimum Gasteiger partial charge on any atom is -0.491 e. The minimum atomic E-state index is -1.14. The van der Waals surface area contributed by atoms with E-state index in [0.29, 0.717) is 23.0 Å². The minimum absolute atomic E-state index is 0.0522. The van der Waals surface area contributed by atoms with Gasteiger partial charge in [-0.05, 0) is 84.6 Å². The van der Waals surface area contributed by atoms with E-state index in [0.717, 1.165) is 28.3 Å². The molecule has 0 aliphatic carbocycles. The summed E-state index contributed by atoms with van der Waals surface area (Å²) >= 11 is 0. The van der Waals surface area contributed by atoms with Gasteiger partial charge in [0.05, 0.1) is 12.7 Å². The molecule has 0 saturated heterocycles. The lowest BCUT2D eigenvalue weighted by Gasteiger charge is -2.27. The standard InChI is InChI=1S/C47H56O11/c1-8-10-44(52)58-45(32(3)48)57-42-25-17-36(18-26-42)47(6,7)35-15-23-41(24-16-35)56-31-38(50)30-55-40-21-13-34(14-22-40)46(4,5)33-11-19-39(20-12-33)54-29-37(49)27-28-53-43(51)9-2/h8-26,32,37-38,45,48-50H,2,27-31H2,1,3-7H3/b10-8+. The summed E-state index contributed by atoms with van der Waals surface area (Å²) < 4.78 is 33.3. The first-order chi connectivity index (χ1) is 27.6. The van der Waals surface area contributed by atoms with Crippen LogP contribution in [0.3, 0.4) is 0 Å². The highest BCUT2D eigenvalue weighted by Gasteiger charge is 2.26. The molecule has 0 saturated carbocycles. The van der Waals surface area contributed by atoms with Gasteiger partial charge in [0.25, 0.3) is 6.29 Å². The molecule has 11 heteroatoms. The molecule has 310 valence electrons. The number of ether oxygens (including phenoxy) is 6. The molecule has 0 heterocycles. The van der Waals surface area contributed by atoms with E-state index in [2.05, 4.69) is 34.3 Å². The summed E-state index contributed by atoms with van der Waals surface area (Å²) in [6.07, 6.45) is 0.354. The van der Waals surface area contributed by atoms with Crippen molar-refractivity contribution < 1.29 is 53.3 Å². The van der Waals surface area contributed by atoms with Crippen LogP contribution in [0, 0.1) is 0 Å². The van der Waals surface area contributed by atoms with Gasteiger partial charge in [0.2, 0.25) is 0 Å². The van der Waals surface area contributed by atoms with Crippen molar-refractivity contribution in [2.75, 3.05) is 26.4 Å². The summed E-state index contributed by atoms with van der Waals surface area (Å²) in [6.45, 7) is 15.3. The third kappa shape index (κ3) is 13.2. The van der Waals surface area contributed by atoms with Crippen molar-refractivity contribution in [3.63, 3.8) is 0 Å². The third-order valence-corrected chi connectivity index (χ3v) is 9.67. The summed E-state index contributed by atoms with van der Waals surface area (Å²) in [5, 5.41) is 30.8. The van der Waals surface area contributed by atoms with E-state index in [1.807, 2.05) is 84.9 Å². The van der Waals surface area contributed by atoms with Crippen molar-refractivity contribution in [3.05, 3.63) is 144 Å². The molecule has 0 fully saturated rings. The fourth-order valence-corrected chi connectivity index (χ4v) is 5.90. The zero-order chi connectivity index (χ0) is 42.3. The fraction of sp³-hybridized carbons (Fsp3) is 0.362. The van der Waals surface area contributed by atoms with Crippen LogP contribution >= 0.6 is 0 Å². The highest BCUT2D eigenvalue weighted by molar-refractivity contribution is 5.82. The number of benzene rings is 4. The highest BCUT2D eigenvalue weighted by atomic mass is 16.7. The van der Waals surface area contributed by atoms with Crippen LogP contribution in [0.4, 0.5) is 0 Å².